The highest BCUT2D eigenvalue weighted by atomic mass is 15.2. The van der Waals surface area contributed by atoms with E-state index >= 15 is 0 Å². The normalized spacial score (nSPS) is 12.8. The van der Waals surface area contributed by atoms with Crippen molar-refractivity contribution in [3.8, 4) is 50.2 Å². The molecule has 3 nitrogen and oxygen atoms in total. The molecule has 1 aromatic heterocycles. The van der Waals surface area contributed by atoms with Crippen LogP contribution in [0, 0.1) is 0 Å². The van der Waals surface area contributed by atoms with Gasteiger partial charge < -0.3 is 14.4 Å². The number of nitrogens with zero attached hydrogens (tertiary/aromatic N) is 3. The lowest BCUT2D eigenvalue weighted by Gasteiger charge is -2.45. The molecule has 13 aromatic rings. The number of benzene rings is 12. The molecule has 1 spiro atoms. The molecule has 0 saturated carbocycles. The molecular weight excluding hydrogens is 919 g/mol. The van der Waals surface area contributed by atoms with Crippen molar-refractivity contribution in [1.29, 1.82) is 0 Å². The van der Waals surface area contributed by atoms with Gasteiger partial charge in [0.05, 0.1) is 33.5 Å². The Morgan fingerprint density at radius 1 is 0.276 bits per heavy atom. The molecule has 1 aliphatic heterocycles. The predicted octanol–water partition coefficient (Wildman–Crippen LogP) is 19.4. The molecule has 0 atom stereocenters. The number of hydrogen-bond acceptors (Lipinski definition) is 2. The van der Waals surface area contributed by atoms with E-state index in [9.17, 15) is 0 Å². The van der Waals surface area contributed by atoms with Gasteiger partial charge in [0.1, 0.15) is 0 Å². The van der Waals surface area contributed by atoms with Crippen molar-refractivity contribution in [2.75, 3.05) is 9.80 Å². The van der Waals surface area contributed by atoms with Crippen LogP contribution in [0.15, 0.2) is 297 Å². The van der Waals surface area contributed by atoms with Crippen molar-refractivity contribution in [3.05, 3.63) is 320 Å². The van der Waals surface area contributed by atoms with Gasteiger partial charge in [-0.05, 0) is 152 Å². The minimum Gasteiger partial charge on any atom is -0.310 e. The van der Waals surface area contributed by atoms with Crippen LogP contribution in [0.1, 0.15) is 22.3 Å². The number of fused-ring (bicyclic) bond motifs is 12. The second kappa shape index (κ2) is 17.6. The maximum Gasteiger partial charge on any atom is 0.0755 e. The summed E-state index contributed by atoms with van der Waals surface area (Å²) in [5.74, 6) is 0. The van der Waals surface area contributed by atoms with E-state index in [-0.39, 0.29) is 0 Å². The van der Waals surface area contributed by atoms with Gasteiger partial charge in [0.25, 0.3) is 0 Å². The summed E-state index contributed by atoms with van der Waals surface area (Å²) in [6.07, 6.45) is 0. The predicted molar refractivity (Wildman–Crippen MR) is 317 cm³/mol. The van der Waals surface area contributed by atoms with E-state index in [4.69, 9.17) is 0 Å². The number of hydrogen-bond donors (Lipinski definition) is 0. The zero-order valence-corrected chi connectivity index (χ0v) is 41.6. The number of rotatable bonds is 8. The summed E-state index contributed by atoms with van der Waals surface area (Å²) in [6, 6.07) is 109. The first kappa shape index (κ1) is 43.6. The Hall–Kier alpha value is -9.96. The van der Waals surface area contributed by atoms with E-state index in [0.717, 1.165) is 45.1 Å². The van der Waals surface area contributed by atoms with E-state index in [1.807, 2.05) is 0 Å². The highest BCUT2D eigenvalue weighted by Gasteiger charge is 2.52. The van der Waals surface area contributed by atoms with Crippen LogP contribution in [-0.4, -0.2) is 4.57 Å². The van der Waals surface area contributed by atoms with Crippen molar-refractivity contribution in [3.63, 3.8) is 0 Å². The van der Waals surface area contributed by atoms with Gasteiger partial charge in [-0.2, -0.15) is 0 Å². The Morgan fingerprint density at radius 2 is 0.789 bits per heavy atom. The summed E-state index contributed by atoms with van der Waals surface area (Å²) in [5, 5.41) is 2.48. The van der Waals surface area contributed by atoms with Crippen LogP contribution >= 0.6 is 0 Å². The van der Waals surface area contributed by atoms with Crippen molar-refractivity contribution in [1.82, 2.24) is 4.57 Å². The molecule has 0 N–H and O–H groups in total. The molecule has 2 aliphatic rings. The number of anilines is 6. The molecule has 0 saturated heterocycles. The Kier molecular flexibility index (Phi) is 10.1. The zero-order chi connectivity index (χ0) is 50.2. The monoisotopic (exact) mass is 967 g/mol. The molecule has 1 aliphatic carbocycles. The SMILES string of the molecule is c1ccc(-c2cccc(-c3ccccc3N(c3ccc(-c4ccc5c(c4)c4ccccc4n5-c4ccccc4)cc3)c3ccc4c(c3)C3(c5ccccc5-4)c4ccccc4N(c4ccccc4)c4ccccc43)c2)cc1. The Bertz CT molecular complexity index is 4300. The van der Waals surface area contributed by atoms with Crippen molar-refractivity contribution in [2.45, 2.75) is 5.41 Å². The molecule has 0 radical (unpaired) electrons. The van der Waals surface area contributed by atoms with Crippen LogP contribution < -0.4 is 9.80 Å². The lowest BCUT2D eigenvalue weighted by molar-refractivity contribution is 0.752. The number of para-hydroxylation sites is 6. The topological polar surface area (TPSA) is 11.4 Å². The van der Waals surface area contributed by atoms with Crippen LogP contribution in [0.2, 0.25) is 0 Å². The fourth-order valence-electron chi connectivity index (χ4n) is 12.7. The molecule has 76 heavy (non-hydrogen) atoms. The Morgan fingerprint density at radius 3 is 1.54 bits per heavy atom. The fraction of sp³-hybridized carbons (Fsp3) is 0.0137. The lowest BCUT2D eigenvalue weighted by Crippen LogP contribution is -2.36. The molecule has 0 amide bonds. The van der Waals surface area contributed by atoms with Gasteiger partial charge in [0.15, 0.2) is 0 Å². The molecule has 3 heteroatoms. The standard InChI is InChI=1S/C73H49N3/c1-4-21-50(22-5-1)52-23-20-24-54(47-52)59-29-11-16-35-68(59)74(57-42-39-51(40-43-57)53-41-46-70-63(48-53)62-31-12-17-36-69(62)75(70)55-25-6-2-7-26-55)58-44-45-61-60-30-10-13-32-64(60)73(67(61)49-58)65-33-14-18-37-71(65)76(56-27-8-3-9-28-56)72-38-19-15-34-66(72)73/h1-49H. The van der Waals surface area contributed by atoms with Gasteiger partial charge in [-0.15, -0.1) is 0 Å². The molecule has 356 valence electrons. The third kappa shape index (κ3) is 6.69. The molecule has 15 rings (SSSR count). The highest BCUT2D eigenvalue weighted by Crippen LogP contribution is 2.64. The van der Waals surface area contributed by atoms with E-state index in [1.165, 1.54) is 83.3 Å². The van der Waals surface area contributed by atoms with Crippen LogP contribution in [0.4, 0.5) is 34.1 Å². The fourth-order valence-corrected chi connectivity index (χ4v) is 12.7. The van der Waals surface area contributed by atoms with Gasteiger partial charge in [-0.3, -0.25) is 0 Å². The third-order valence-corrected chi connectivity index (χ3v) is 16.0. The van der Waals surface area contributed by atoms with E-state index < -0.39 is 5.41 Å². The minimum atomic E-state index is -0.609. The number of aromatic nitrogens is 1. The van der Waals surface area contributed by atoms with Crippen molar-refractivity contribution in [2.24, 2.45) is 0 Å². The summed E-state index contributed by atoms with van der Waals surface area (Å²) in [4.78, 5) is 4.94. The van der Waals surface area contributed by atoms with Gasteiger partial charge in [0.2, 0.25) is 0 Å². The zero-order valence-electron chi connectivity index (χ0n) is 41.6. The summed E-state index contributed by atoms with van der Waals surface area (Å²) in [7, 11) is 0. The molecule has 0 bridgehead atoms. The quantitative estimate of drug-likeness (QED) is 0.150. The third-order valence-electron chi connectivity index (χ3n) is 16.0. The first-order chi connectivity index (χ1) is 37.7. The van der Waals surface area contributed by atoms with Crippen LogP contribution in [-0.2, 0) is 5.41 Å². The van der Waals surface area contributed by atoms with Gasteiger partial charge in [0, 0.05) is 39.1 Å². The smallest absolute Gasteiger partial charge is 0.0755 e. The van der Waals surface area contributed by atoms with Crippen LogP contribution in [0.3, 0.4) is 0 Å². The molecular formula is C73H49N3. The van der Waals surface area contributed by atoms with Crippen LogP contribution in [0.5, 0.6) is 0 Å². The second-order valence-electron chi connectivity index (χ2n) is 20.0. The van der Waals surface area contributed by atoms with E-state index in [0.29, 0.717) is 0 Å². The maximum atomic E-state index is 2.50. The average molecular weight is 968 g/mol. The molecule has 0 fully saturated rings. The van der Waals surface area contributed by atoms with E-state index in [1.54, 1.807) is 0 Å². The summed E-state index contributed by atoms with van der Waals surface area (Å²) in [6.45, 7) is 0. The molecule has 12 aromatic carbocycles. The summed E-state index contributed by atoms with van der Waals surface area (Å²) >= 11 is 0. The molecule has 2 heterocycles. The maximum absolute atomic E-state index is 2.50. The second-order valence-corrected chi connectivity index (χ2v) is 20.0. The Balaban J connectivity index is 0.933. The van der Waals surface area contributed by atoms with E-state index in [2.05, 4.69) is 312 Å². The van der Waals surface area contributed by atoms with Gasteiger partial charge in [-0.1, -0.05) is 206 Å². The van der Waals surface area contributed by atoms with Gasteiger partial charge >= 0.3 is 0 Å². The first-order valence-electron chi connectivity index (χ1n) is 26.3. The lowest BCUT2D eigenvalue weighted by atomic mass is 9.64. The largest absolute Gasteiger partial charge is 0.310 e. The first-order valence-corrected chi connectivity index (χ1v) is 26.3. The Labute approximate surface area is 443 Å². The average Bonchev–Trinajstić information content (AvgIpc) is 4.09. The highest BCUT2D eigenvalue weighted by molar-refractivity contribution is 6.10. The van der Waals surface area contributed by atoms with Crippen LogP contribution in [0.25, 0.3) is 72.0 Å². The molecule has 0 unspecified atom stereocenters. The minimum absolute atomic E-state index is 0.609. The van der Waals surface area contributed by atoms with Gasteiger partial charge in [-0.25, -0.2) is 0 Å². The van der Waals surface area contributed by atoms with Crippen molar-refractivity contribution < 1.29 is 0 Å². The summed E-state index contributed by atoms with van der Waals surface area (Å²) in [5.41, 5.74) is 24.3. The summed E-state index contributed by atoms with van der Waals surface area (Å²) < 4.78 is 2.38. The van der Waals surface area contributed by atoms with Crippen molar-refractivity contribution >= 4 is 55.9 Å².